The molecule has 2 bridgehead atoms. The Morgan fingerprint density at radius 2 is 1.72 bits per heavy atom. The Morgan fingerprint density at radius 3 is 2.28 bits per heavy atom. The van der Waals surface area contributed by atoms with Crippen molar-refractivity contribution in [1.29, 1.82) is 0 Å². The zero-order valence-electron chi connectivity index (χ0n) is 11.1. The summed E-state index contributed by atoms with van der Waals surface area (Å²) >= 11 is 0. The Labute approximate surface area is 109 Å². The van der Waals surface area contributed by atoms with Crippen LogP contribution in [0, 0.1) is 5.92 Å². The lowest BCUT2D eigenvalue weighted by molar-refractivity contribution is -0.145. The molecule has 3 aliphatic heterocycles. The summed E-state index contributed by atoms with van der Waals surface area (Å²) in [5, 5.41) is 0. The molecule has 1 amide bonds. The molecular weight excluding hydrogens is 230 g/mol. The Kier molecular flexibility index (Phi) is 3.57. The minimum absolute atomic E-state index is 0.209. The van der Waals surface area contributed by atoms with Crippen molar-refractivity contribution in [3.63, 3.8) is 0 Å². The van der Waals surface area contributed by atoms with Crippen molar-refractivity contribution in [3.8, 4) is 0 Å². The van der Waals surface area contributed by atoms with Crippen LogP contribution in [-0.2, 0) is 14.3 Å². The van der Waals surface area contributed by atoms with Gasteiger partial charge in [-0.1, -0.05) is 0 Å². The van der Waals surface area contributed by atoms with Gasteiger partial charge < -0.3 is 14.4 Å². The number of methoxy groups -OCH3 is 1. The van der Waals surface area contributed by atoms with E-state index in [9.17, 15) is 4.79 Å². The van der Waals surface area contributed by atoms with Gasteiger partial charge in [0.2, 0.25) is 5.91 Å². The maximum atomic E-state index is 12.6. The molecule has 0 aromatic rings. The first-order valence-electron chi connectivity index (χ1n) is 7.22. The van der Waals surface area contributed by atoms with Crippen LogP contribution in [0.2, 0.25) is 0 Å². The molecule has 18 heavy (non-hydrogen) atoms. The summed E-state index contributed by atoms with van der Waals surface area (Å²) in [5.41, 5.74) is 0. The first-order chi connectivity index (χ1) is 8.79. The summed E-state index contributed by atoms with van der Waals surface area (Å²) in [6.07, 6.45) is 6.56. The number of carbonyl (C=O) groups is 1. The predicted molar refractivity (Wildman–Crippen MR) is 67.2 cm³/mol. The van der Waals surface area contributed by atoms with Gasteiger partial charge in [0.05, 0.1) is 6.10 Å². The Bertz CT molecular complexity index is 300. The van der Waals surface area contributed by atoms with Gasteiger partial charge in [0.25, 0.3) is 0 Å². The fraction of sp³-hybridized carbons (Fsp3) is 0.929. The van der Waals surface area contributed by atoms with Crippen molar-refractivity contribution in [3.05, 3.63) is 0 Å². The molecule has 4 heteroatoms. The second-order valence-electron chi connectivity index (χ2n) is 5.85. The minimum Gasteiger partial charge on any atom is -0.381 e. The number of fused-ring (bicyclic) bond motifs is 2. The summed E-state index contributed by atoms with van der Waals surface area (Å²) in [7, 11) is 1.79. The zero-order chi connectivity index (χ0) is 12.5. The van der Waals surface area contributed by atoms with E-state index >= 15 is 0 Å². The fourth-order valence-electron chi connectivity index (χ4n) is 3.83. The van der Waals surface area contributed by atoms with Gasteiger partial charge in [-0.25, -0.2) is 0 Å². The lowest BCUT2D eigenvalue weighted by Crippen LogP contribution is -2.51. The van der Waals surface area contributed by atoms with Crippen molar-refractivity contribution in [1.82, 2.24) is 4.90 Å². The van der Waals surface area contributed by atoms with E-state index in [1.165, 1.54) is 12.8 Å². The van der Waals surface area contributed by atoms with Gasteiger partial charge in [0, 0.05) is 38.3 Å². The van der Waals surface area contributed by atoms with E-state index in [-0.39, 0.29) is 5.92 Å². The van der Waals surface area contributed by atoms with Gasteiger partial charge >= 0.3 is 0 Å². The molecule has 3 fully saturated rings. The van der Waals surface area contributed by atoms with E-state index in [2.05, 4.69) is 4.90 Å². The molecule has 0 aromatic carbocycles. The largest absolute Gasteiger partial charge is 0.381 e. The quantitative estimate of drug-likeness (QED) is 0.750. The van der Waals surface area contributed by atoms with Crippen LogP contribution in [0.5, 0.6) is 0 Å². The Hall–Kier alpha value is -0.610. The third kappa shape index (κ3) is 2.16. The van der Waals surface area contributed by atoms with Crippen LogP contribution in [-0.4, -0.2) is 49.3 Å². The summed E-state index contributed by atoms with van der Waals surface area (Å²) in [6, 6.07) is 0.869. The van der Waals surface area contributed by atoms with Crippen LogP contribution < -0.4 is 0 Å². The summed E-state index contributed by atoms with van der Waals surface area (Å²) in [4.78, 5) is 14.8. The number of rotatable bonds is 2. The van der Waals surface area contributed by atoms with E-state index < -0.39 is 0 Å². The van der Waals surface area contributed by atoms with Gasteiger partial charge in [0.15, 0.2) is 0 Å². The lowest BCUT2D eigenvalue weighted by atomic mass is 9.93. The zero-order valence-corrected chi connectivity index (χ0v) is 11.1. The molecule has 0 saturated carbocycles. The lowest BCUT2D eigenvalue weighted by Gasteiger charge is -2.40. The van der Waals surface area contributed by atoms with Crippen molar-refractivity contribution in [2.75, 3.05) is 20.3 Å². The van der Waals surface area contributed by atoms with Crippen molar-refractivity contribution in [2.45, 2.75) is 56.7 Å². The average Bonchev–Trinajstić information content (AvgIpc) is 2.69. The second kappa shape index (κ2) is 5.17. The first kappa shape index (κ1) is 12.4. The number of hydrogen-bond donors (Lipinski definition) is 0. The van der Waals surface area contributed by atoms with Gasteiger partial charge in [-0.3, -0.25) is 4.79 Å². The van der Waals surface area contributed by atoms with Crippen LogP contribution >= 0.6 is 0 Å². The highest BCUT2D eigenvalue weighted by Crippen LogP contribution is 2.38. The molecule has 2 unspecified atom stereocenters. The summed E-state index contributed by atoms with van der Waals surface area (Å²) in [6.45, 7) is 1.50. The van der Waals surface area contributed by atoms with Gasteiger partial charge in [-0.2, -0.15) is 0 Å². The molecule has 4 nitrogen and oxygen atoms in total. The monoisotopic (exact) mass is 253 g/mol. The van der Waals surface area contributed by atoms with Gasteiger partial charge in [-0.05, 0) is 38.5 Å². The molecule has 3 rings (SSSR count). The molecule has 0 radical (unpaired) electrons. The molecule has 0 aromatic heterocycles. The van der Waals surface area contributed by atoms with Crippen molar-refractivity contribution < 1.29 is 14.3 Å². The topological polar surface area (TPSA) is 38.8 Å². The number of nitrogens with zero attached hydrogens (tertiary/aromatic N) is 1. The number of hydrogen-bond acceptors (Lipinski definition) is 3. The standard InChI is InChI=1S/C14H23NO3/c1-17-13-8-11-2-3-12(9-13)15(11)14(16)10-4-6-18-7-5-10/h10-13H,2-9H2,1H3. The SMILES string of the molecule is COC1CC2CCC(C1)N2C(=O)C1CCOCC1. The van der Waals surface area contributed by atoms with E-state index in [4.69, 9.17) is 9.47 Å². The van der Waals surface area contributed by atoms with E-state index in [0.717, 1.165) is 38.9 Å². The molecule has 3 saturated heterocycles. The van der Waals surface area contributed by atoms with E-state index in [1.54, 1.807) is 7.11 Å². The Morgan fingerprint density at radius 1 is 1.11 bits per heavy atom. The summed E-state index contributed by atoms with van der Waals surface area (Å²) < 4.78 is 10.8. The van der Waals surface area contributed by atoms with E-state index in [0.29, 0.717) is 24.1 Å². The van der Waals surface area contributed by atoms with Crippen LogP contribution in [0.3, 0.4) is 0 Å². The van der Waals surface area contributed by atoms with Crippen molar-refractivity contribution in [2.24, 2.45) is 5.92 Å². The molecule has 2 atom stereocenters. The molecule has 0 aliphatic carbocycles. The van der Waals surface area contributed by atoms with Crippen LogP contribution in [0.25, 0.3) is 0 Å². The predicted octanol–water partition coefficient (Wildman–Crippen LogP) is 1.58. The summed E-state index contributed by atoms with van der Waals surface area (Å²) in [5.74, 6) is 0.598. The third-order valence-electron chi connectivity index (χ3n) is 4.85. The normalized spacial score (nSPS) is 36.9. The molecule has 3 heterocycles. The number of carbonyl (C=O) groups excluding carboxylic acids is 1. The smallest absolute Gasteiger partial charge is 0.226 e. The maximum absolute atomic E-state index is 12.6. The van der Waals surface area contributed by atoms with Crippen molar-refractivity contribution >= 4 is 5.91 Å². The van der Waals surface area contributed by atoms with E-state index in [1.807, 2.05) is 0 Å². The minimum atomic E-state index is 0.209. The molecule has 3 aliphatic rings. The van der Waals surface area contributed by atoms with Crippen LogP contribution in [0.1, 0.15) is 38.5 Å². The highest BCUT2D eigenvalue weighted by atomic mass is 16.5. The highest BCUT2D eigenvalue weighted by molar-refractivity contribution is 5.80. The first-order valence-corrected chi connectivity index (χ1v) is 7.22. The van der Waals surface area contributed by atoms with Crippen LogP contribution in [0.15, 0.2) is 0 Å². The number of piperidine rings is 1. The molecule has 0 spiro atoms. The van der Waals surface area contributed by atoms with Gasteiger partial charge in [-0.15, -0.1) is 0 Å². The average molecular weight is 253 g/mol. The molecule has 0 N–H and O–H groups in total. The van der Waals surface area contributed by atoms with Crippen LogP contribution in [0.4, 0.5) is 0 Å². The second-order valence-corrected chi connectivity index (χ2v) is 5.85. The third-order valence-corrected chi connectivity index (χ3v) is 4.85. The maximum Gasteiger partial charge on any atom is 0.226 e. The Balaban J connectivity index is 1.67. The molecule has 102 valence electrons. The number of amides is 1. The fourth-order valence-corrected chi connectivity index (χ4v) is 3.83. The number of ether oxygens (including phenoxy) is 2. The molecular formula is C14H23NO3. The van der Waals surface area contributed by atoms with Gasteiger partial charge in [0.1, 0.15) is 0 Å². The highest BCUT2D eigenvalue weighted by Gasteiger charge is 2.44.